The van der Waals surface area contributed by atoms with Gasteiger partial charge in [-0.15, -0.1) is 0 Å². The summed E-state index contributed by atoms with van der Waals surface area (Å²) in [5.74, 6) is -1.85. The van der Waals surface area contributed by atoms with Crippen molar-refractivity contribution in [2.24, 2.45) is 0 Å². The Balaban J connectivity index is 1.62. The zero-order valence-electron chi connectivity index (χ0n) is 20.0. The van der Waals surface area contributed by atoms with E-state index < -0.39 is 30.4 Å². The van der Waals surface area contributed by atoms with Gasteiger partial charge in [-0.1, -0.05) is 48.5 Å². The topological polar surface area (TPSA) is 105 Å². The molecule has 0 fully saturated rings. The predicted octanol–water partition coefficient (Wildman–Crippen LogP) is 3.64. The molecule has 2 N–H and O–H groups in total. The van der Waals surface area contributed by atoms with E-state index in [4.69, 9.17) is 9.47 Å². The van der Waals surface area contributed by atoms with Crippen molar-refractivity contribution in [1.29, 1.82) is 0 Å². The number of hydrogen-bond donors (Lipinski definition) is 2. The fourth-order valence-corrected chi connectivity index (χ4v) is 4.02. The summed E-state index contributed by atoms with van der Waals surface area (Å²) in [6.45, 7) is 6.33. The Kier molecular flexibility index (Phi) is 7.94. The second-order valence-electron chi connectivity index (χ2n) is 9.34. The molecule has 3 rings (SSSR count). The van der Waals surface area contributed by atoms with Gasteiger partial charge in [-0.25, -0.2) is 4.79 Å². The van der Waals surface area contributed by atoms with Gasteiger partial charge < -0.3 is 24.8 Å². The van der Waals surface area contributed by atoms with Crippen LogP contribution < -0.4 is 5.32 Å². The molecule has 8 heteroatoms. The molecule has 1 atom stereocenters. The molecule has 0 aliphatic heterocycles. The quantitative estimate of drug-likeness (QED) is 0.582. The average Bonchev–Trinajstić information content (AvgIpc) is 3.09. The maximum atomic E-state index is 12.8. The molecule has 2 aromatic carbocycles. The second-order valence-corrected chi connectivity index (χ2v) is 9.34. The summed E-state index contributed by atoms with van der Waals surface area (Å²) in [6.07, 6.45) is -1.38. The normalized spacial score (nSPS) is 13.5. The standard InChI is InChI=1S/C26H32N2O6/c1-26(2,3)34-14-13-28(4)24(31)22(15-23(29)30)27-25(32)33-16-21-19-11-7-5-9-17(19)18-10-6-8-12-20(18)21/h5-12,21-22H,13-16H2,1-4H3,(H,27,32)(H,29,30). The first-order chi connectivity index (χ1) is 16.1. The summed E-state index contributed by atoms with van der Waals surface area (Å²) in [7, 11) is 1.54. The third-order valence-corrected chi connectivity index (χ3v) is 5.65. The summed E-state index contributed by atoms with van der Waals surface area (Å²) in [4.78, 5) is 38.0. The van der Waals surface area contributed by atoms with Gasteiger partial charge in [-0.05, 0) is 43.0 Å². The zero-order valence-corrected chi connectivity index (χ0v) is 20.0. The maximum absolute atomic E-state index is 12.8. The predicted molar refractivity (Wildman–Crippen MR) is 128 cm³/mol. The molecule has 0 saturated heterocycles. The summed E-state index contributed by atoms with van der Waals surface area (Å²) in [5, 5.41) is 11.7. The molecule has 0 radical (unpaired) electrons. The minimum Gasteiger partial charge on any atom is -0.481 e. The summed E-state index contributed by atoms with van der Waals surface area (Å²) < 4.78 is 11.1. The van der Waals surface area contributed by atoms with Crippen LogP contribution in [0.4, 0.5) is 4.79 Å². The molecular weight excluding hydrogens is 436 g/mol. The largest absolute Gasteiger partial charge is 0.481 e. The highest BCUT2D eigenvalue weighted by molar-refractivity contribution is 5.89. The molecule has 0 heterocycles. The molecule has 2 aromatic rings. The van der Waals surface area contributed by atoms with Gasteiger partial charge in [0.05, 0.1) is 18.6 Å². The molecule has 34 heavy (non-hydrogen) atoms. The van der Waals surface area contributed by atoms with Crippen molar-refractivity contribution in [2.75, 3.05) is 26.8 Å². The fourth-order valence-electron chi connectivity index (χ4n) is 4.02. The zero-order chi connectivity index (χ0) is 24.9. The Labute approximate surface area is 199 Å². The minimum atomic E-state index is -1.24. The van der Waals surface area contributed by atoms with Crippen LogP contribution >= 0.6 is 0 Å². The lowest BCUT2D eigenvalue weighted by Crippen LogP contribution is -2.49. The number of aliphatic carboxylic acids is 1. The van der Waals surface area contributed by atoms with Gasteiger partial charge >= 0.3 is 12.1 Å². The second kappa shape index (κ2) is 10.7. The molecule has 0 saturated carbocycles. The van der Waals surface area contributed by atoms with Gasteiger partial charge in [0.1, 0.15) is 12.6 Å². The lowest BCUT2D eigenvalue weighted by atomic mass is 9.98. The van der Waals surface area contributed by atoms with Crippen LogP contribution in [-0.4, -0.2) is 66.4 Å². The monoisotopic (exact) mass is 468 g/mol. The van der Waals surface area contributed by atoms with E-state index in [1.807, 2.05) is 69.3 Å². The molecule has 8 nitrogen and oxygen atoms in total. The number of fused-ring (bicyclic) bond motifs is 3. The molecule has 182 valence electrons. The number of alkyl carbamates (subject to hydrolysis) is 1. The first-order valence-electron chi connectivity index (χ1n) is 11.3. The van der Waals surface area contributed by atoms with E-state index in [0.29, 0.717) is 0 Å². The lowest BCUT2D eigenvalue weighted by molar-refractivity contribution is -0.142. The van der Waals surface area contributed by atoms with Crippen molar-refractivity contribution in [3.8, 4) is 11.1 Å². The lowest BCUT2D eigenvalue weighted by Gasteiger charge is -2.26. The van der Waals surface area contributed by atoms with E-state index in [9.17, 15) is 19.5 Å². The highest BCUT2D eigenvalue weighted by Crippen LogP contribution is 2.44. The van der Waals surface area contributed by atoms with Crippen LogP contribution in [0.1, 0.15) is 44.2 Å². The number of rotatable bonds is 9. The number of carbonyl (C=O) groups is 3. The Morgan fingerprint density at radius 1 is 1.03 bits per heavy atom. The van der Waals surface area contributed by atoms with Gasteiger partial charge in [0.25, 0.3) is 0 Å². The molecule has 1 unspecified atom stereocenters. The van der Waals surface area contributed by atoms with Crippen LogP contribution in [0.5, 0.6) is 0 Å². The van der Waals surface area contributed by atoms with E-state index in [1.54, 1.807) is 7.05 Å². The fraction of sp³-hybridized carbons (Fsp3) is 0.423. The Morgan fingerprint density at radius 3 is 2.12 bits per heavy atom. The van der Waals surface area contributed by atoms with E-state index in [1.165, 1.54) is 4.90 Å². The molecule has 0 spiro atoms. The third kappa shape index (κ3) is 6.35. The number of carbonyl (C=O) groups excluding carboxylic acids is 2. The van der Waals surface area contributed by atoms with Crippen LogP contribution in [0.25, 0.3) is 11.1 Å². The number of carboxylic acid groups (broad SMARTS) is 1. The maximum Gasteiger partial charge on any atom is 0.407 e. The summed E-state index contributed by atoms with van der Waals surface area (Å²) in [5.41, 5.74) is 3.97. The van der Waals surface area contributed by atoms with Gasteiger partial charge in [0, 0.05) is 19.5 Å². The van der Waals surface area contributed by atoms with Crippen molar-refractivity contribution in [3.05, 3.63) is 59.7 Å². The summed E-state index contributed by atoms with van der Waals surface area (Å²) in [6, 6.07) is 14.7. The number of amides is 2. The number of benzene rings is 2. The first kappa shape index (κ1) is 25.2. The number of hydrogen-bond acceptors (Lipinski definition) is 5. The van der Waals surface area contributed by atoms with Crippen molar-refractivity contribution in [1.82, 2.24) is 10.2 Å². The highest BCUT2D eigenvalue weighted by Gasteiger charge is 2.31. The molecule has 0 aromatic heterocycles. The van der Waals surface area contributed by atoms with Crippen LogP contribution in [0.3, 0.4) is 0 Å². The Morgan fingerprint density at radius 2 is 1.59 bits per heavy atom. The summed E-state index contributed by atoms with van der Waals surface area (Å²) >= 11 is 0. The van der Waals surface area contributed by atoms with E-state index >= 15 is 0 Å². The van der Waals surface area contributed by atoms with Crippen LogP contribution in [0, 0.1) is 0 Å². The van der Waals surface area contributed by atoms with Crippen molar-refractivity contribution in [2.45, 2.75) is 44.8 Å². The Bertz CT molecular complexity index is 1000. The third-order valence-electron chi connectivity index (χ3n) is 5.65. The van der Waals surface area contributed by atoms with Crippen molar-refractivity contribution in [3.63, 3.8) is 0 Å². The average molecular weight is 469 g/mol. The van der Waals surface area contributed by atoms with E-state index in [2.05, 4.69) is 5.32 Å². The number of nitrogens with one attached hydrogen (secondary N) is 1. The molecule has 1 aliphatic rings. The SMILES string of the molecule is CN(CCOC(C)(C)C)C(=O)C(CC(=O)O)NC(=O)OCC1c2ccccc2-c2ccccc21. The number of nitrogens with zero attached hydrogens (tertiary/aromatic N) is 1. The minimum absolute atomic E-state index is 0.0725. The number of carboxylic acids is 1. The van der Waals surface area contributed by atoms with Crippen molar-refractivity contribution >= 4 is 18.0 Å². The van der Waals surface area contributed by atoms with E-state index in [-0.39, 0.29) is 31.3 Å². The van der Waals surface area contributed by atoms with Gasteiger partial charge in [0.15, 0.2) is 0 Å². The molecular formula is C26H32N2O6. The number of likely N-dealkylation sites (N-methyl/N-ethyl adjacent to an activating group) is 1. The molecule has 2 amide bonds. The smallest absolute Gasteiger partial charge is 0.407 e. The van der Waals surface area contributed by atoms with Crippen LogP contribution in [0.2, 0.25) is 0 Å². The van der Waals surface area contributed by atoms with Crippen LogP contribution in [0.15, 0.2) is 48.5 Å². The Hall–Kier alpha value is -3.39. The van der Waals surface area contributed by atoms with Crippen molar-refractivity contribution < 1.29 is 29.0 Å². The molecule has 1 aliphatic carbocycles. The van der Waals surface area contributed by atoms with Gasteiger partial charge in [-0.3, -0.25) is 9.59 Å². The first-order valence-corrected chi connectivity index (χ1v) is 11.3. The van der Waals surface area contributed by atoms with Crippen LogP contribution in [-0.2, 0) is 19.1 Å². The number of ether oxygens (including phenoxy) is 2. The highest BCUT2D eigenvalue weighted by atomic mass is 16.5. The molecule has 0 bridgehead atoms. The van der Waals surface area contributed by atoms with Gasteiger partial charge in [-0.2, -0.15) is 0 Å². The van der Waals surface area contributed by atoms with E-state index in [0.717, 1.165) is 22.3 Å². The van der Waals surface area contributed by atoms with Gasteiger partial charge in [0.2, 0.25) is 5.91 Å².